The number of pyridine rings is 1. The maximum absolute atomic E-state index is 11.7. The van der Waals surface area contributed by atoms with Gasteiger partial charge in [-0.05, 0) is 34.5 Å². The fourth-order valence-electron chi connectivity index (χ4n) is 1.58. The highest BCUT2D eigenvalue weighted by Gasteiger charge is 2.30. The molecule has 80 valence electrons. The van der Waals surface area contributed by atoms with Crippen LogP contribution in [0.2, 0.25) is 0 Å². The second-order valence-corrected chi connectivity index (χ2v) is 5.66. The molecule has 0 aliphatic carbocycles. The largest absolute Gasteiger partial charge is 0.295 e. The van der Waals surface area contributed by atoms with Crippen molar-refractivity contribution in [1.29, 1.82) is 0 Å². The van der Waals surface area contributed by atoms with Crippen molar-refractivity contribution in [3.05, 3.63) is 22.3 Å². The van der Waals surface area contributed by atoms with Crippen LogP contribution < -0.4 is 4.90 Å². The molecule has 2 rings (SSSR count). The van der Waals surface area contributed by atoms with Gasteiger partial charge in [0.2, 0.25) is 5.91 Å². The number of anilines is 1. The first-order valence-corrected chi connectivity index (χ1v) is 6.36. The van der Waals surface area contributed by atoms with Gasteiger partial charge < -0.3 is 0 Å². The van der Waals surface area contributed by atoms with Gasteiger partial charge >= 0.3 is 0 Å². The Labute approximate surface area is 105 Å². The van der Waals surface area contributed by atoms with Crippen LogP contribution in [0.4, 0.5) is 5.82 Å². The fraction of sp³-hybridized carbons (Fsp3) is 0.400. The van der Waals surface area contributed by atoms with Crippen LogP contribution in [-0.4, -0.2) is 22.3 Å². The molecular formula is C10H10Br2N2O. The number of alkyl halides is 1. The minimum atomic E-state index is 0.121. The van der Waals surface area contributed by atoms with Gasteiger partial charge in [0.25, 0.3) is 0 Å². The zero-order valence-corrected chi connectivity index (χ0v) is 11.4. The van der Waals surface area contributed by atoms with Gasteiger partial charge in [0.15, 0.2) is 0 Å². The molecule has 0 aromatic carbocycles. The molecule has 5 heteroatoms. The maximum atomic E-state index is 11.7. The average molecular weight is 334 g/mol. The zero-order chi connectivity index (χ0) is 11.0. The topological polar surface area (TPSA) is 33.2 Å². The van der Waals surface area contributed by atoms with Crippen molar-refractivity contribution < 1.29 is 4.79 Å². The van der Waals surface area contributed by atoms with Gasteiger partial charge in [-0.1, -0.05) is 15.9 Å². The highest BCUT2D eigenvalue weighted by atomic mass is 79.9. The summed E-state index contributed by atoms with van der Waals surface area (Å²) >= 11 is 6.92. The number of carbonyl (C=O) groups is 1. The maximum Gasteiger partial charge on any atom is 0.229 e. The van der Waals surface area contributed by atoms with Gasteiger partial charge in [-0.2, -0.15) is 0 Å². The smallest absolute Gasteiger partial charge is 0.229 e. The Morgan fingerprint density at radius 1 is 1.60 bits per heavy atom. The quantitative estimate of drug-likeness (QED) is 0.740. The Morgan fingerprint density at radius 2 is 2.33 bits per heavy atom. The minimum absolute atomic E-state index is 0.121. The lowest BCUT2D eigenvalue weighted by Gasteiger charge is -2.17. The number of hydrogen-bond donors (Lipinski definition) is 0. The zero-order valence-electron chi connectivity index (χ0n) is 8.20. The Bertz CT molecular complexity index is 408. The minimum Gasteiger partial charge on any atom is -0.295 e. The number of amides is 1. The van der Waals surface area contributed by atoms with Crippen molar-refractivity contribution in [3.8, 4) is 0 Å². The van der Waals surface area contributed by atoms with E-state index < -0.39 is 0 Å². The van der Waals surface area contributed by atoms with E-state index in [0.29, 0.717) is 13.0 Å². The predicted octanol–water partition coefficient (Wildman–Crippen LogP) is 2.65. The molecular weight excluding hydrogens is 324 g/mol. The normalized spacial score (nSPS) is 21.1. The summed E-state index contributed by atoms with van der Waals surface area (Å²) in [6.07, 6.45) is 2.27. The van der Waals surface area contributed by atoms with Crippen molar-refractivity contribution in [2.24, 2.45) is 0 Å². The lowest BCUT2D eigenvalue weighted by atomic mass is 10.3. The number of aromatic nitrogens is 1. The van der Waals surface area contributed by atoms with Crippen molar-refractivity contribution in [2.45, 2.75) is 18.2 Å². The van der Waals surface area contributed by atoms with Crippen LogP contribution in [0.1, 0.15) is 12.0 Å². The predicted molar refractivity (Wildman–Crippen MR) is 66.4 cm³/mol. The molecule has 2 heterocycles. The van der Waals surface area contributed by atoms with Gasteiger partial charge in [-0.25, -0.2) is 4.98 Å². The highest BCUT2D eigenvalue weighted by molar-refractivity contribution is 9.10. The third kappa shape index (κ3) is 2.08. The summed E-state index contributed by atoms with van der Waals surface area (Å²) in [5.41, 5.74) is 1.09. The van der Waals surface area contributed by atoms with Crippen LogP contribution in [0.25, 0.3) is 0 Å². The molecule has 1 amide bonds. The van der Waals surface area contributed by atoms with Crippen LogP contribution in [0.15, 0.2) is 16.7 Å². The molecule has 1 aliphatic heterocycles. The van der Waals surface area contributed by atoms with E-state index in [9.17, 15) is 4.79 Å². The van der Waals surface area contributed by atoms with Crippen molar-refractivity contribution in [3.63, 3.8) is 0 Å². The summed E-state index contributed by atoms with van der Waals surface area (Å²) in [5, 5.41) is 0. The second-order valence-electron chi connectivity index (χ2n) is 3.57. The first-order chi connectivity index (χ1) is 7.09. The summed E-state index contributed by atoms with van der Waals surface area (Å²) in [6, 6.07) is 1.92. The lowest BCUT2D eigenvalue weighted by molar-refractivity contribution is -0.117. The van der Waals surface area contributed by atoms with Crippen molar-refractivity contribution in [1.82, 2.24) is 4.98 Å². The van der Waals surface area contributed by atoms with E-state index in [0.717, 1.165) is 15.9 Å². The molecule has 3 nitrogen and oxygen atoms in total. The number of nitrogens with zero attached hydrogens (tertiary/aromatic N) is 2. The molecule has 1 unspecified atom stereocenters. The molecule has 0 saturated carbocycles. The Morgan fingerprint density at radius 3 is 2.93 bits per heavy atom. The van der Waals surface area contributed by atoms with E-state index in [-0.39, 0.29) is 10.7 Å². The van der Waals surface area contributed by atoms with Crippen LogP contribution >= 0.6 is 31.9 Å². The molecule has 1 aliphatic rings. The summed E-state index contributed by atoms with van der Waals surface area (Å²) in [7, 11) is 0. The molecule has 1 aromatic rings. The first kappa shape index (κ1) is 11.1. The Balaban J connectivity index is 2.38. The standard InChI is InChI=1S/C10H10Br2N2O/c1-6-2-3-13-10(9(6)12)14-5-7(11)4-8(14)15/h2-3,7H,4-5H2,1H3. The summed E-state index contributed by atoms with van der Waals surface area (Å²) < 4.78 is 0.903. The summed E-state index contributed by atoms with van der Waals surface area (Å²) in [5.74, 6) is 0.845. The molecule has 1 atom stereocenters. The monoisotopic (exact) mass is 332 g/mol. The molecule has 1 aromatic heterocycles. The number of halogens is 2. The van der Waals surface area contributed by atoms with E-state index >= 15 is 0 Å². The fourth-order valence-corrected chi connectivity index (χ4v) is 2.60. The third-order valence-corrected chi connectivity index (χ3v) is 3.99. The molecule has 1 fully saturated rings. The second kappa shape index (κ2) is 4.22. The third-order valence-electron chi connectivity index (χ3n) is 2.40. The molecule has 0 bridgehead atoms. The average Bonchev–Trinajstić information content (AvgIpc) is 2.50. The number of rotatable bonds is 1. The van der Waals surface area contributed by atoms with E-state index in [1.807, 2.05) is 13.0 Å². The number of aryl methyl sites for hydroxylation is 1. The van der Waals surface area contributed by atoms with E-state index in [1.54, 1.807) is 11.1 Å². The highest BCUT2D eigenvalue weighted by Crippen LogP contribution is 2.31. The van der Waals surface area contributed by atoms with Crippen LogP contribution in [0, 0.1) is 6.92 Å². The van der Waals surface area contributed by atoms with Gasteiger partial charge in [0, 0.05) is 24.0 Å². The van der Waals surface area contributed by atoms with E-state index in [1.165, 1.54) is 0 Å². The molecule has 0 spiro atoms. The lowest BCUT2D eigenvalue weighted by Crippen LogP contribution is -2.26. The molecule has 15 heavy (non-hydrogen) atoms. The molecule has 1 saturated heterocycles. The van der Waals surface area contributed by atoms with Gasteiger partial charge in [-0.3, -0.25) is 9.69 Å². The summed E-state index contributed by atoms with van der Waals surface area (Å²) in [4.78, 5) is 17.9. The molecule has 0 radical (unpaired) electrons. The Hall–Kier alpha value is -0.420. The van der Waals surface area contributed by atoms with Gasteiger partial charge in [-0.15, -0.1) is 0 Å². The Kier molecular flexibility index (Phi) is 3.11. The van der Waals surface area contributed by atoms with Crippen molar-refractivity contribution in [2.75, 3.05) is 11.4 Å². The number of hydrogen-bond acceptors (Lipinski definition) is 2. The van der Waals surface area contributed by atoms with E-state index in [4.69, 9.17) is 0 Å². The molecule has 0 N–H and O–H groups in total. The van der Waals surface area contributed by atoms with Crippen LogP contribution in [-0.2, 0) is 4.79 Å². The summed E-state index contributed by atoms with van der Waals surface area (Å²) in [6.45, 7) is 2.68. The van der Waals surface area contributed by atoms with Gasteiger partial charge in [0.1, 0.15) is 5.82 Å². The van der Waals surface area contributed by atoms with Crippen molar-refractivity contribution >= 4 is 43.6 Å². The van der Waals surface area contributed by atoms with E-state index in [2.05, 4.69) is 36.8 Å². The van der Waals surface area contributed by atoms with Gasteiger partial charge in [0.05, 0.1) is 4.47 Å². The number of carbonyl (C=O) groups excluding carboxylic acids is 1. The first-order valence-electron chi connectivity index (χ1n) is 4.65. The van der Waals surface area contributed by atoms with Crippen LogP contribution in [0.3, 0.4) is 0 Å². The SMILES string of the molecule is Cc1ccnc(N2CC(Br)CC2=O)c1Br. The van der Waals surface area contributed by atoms with Crippen LogP contribution in [0.5, 0.6) is 0 Å².